The van der Waals surface area contributed by atoms with Gasteiger partial charge in [0.25, 0.3) is 0 Å². The normalized spacial score (nSPS) is 22.4. The number of hydrogen-bond acceptors (Lipinski definition) is 4. The number of likely N-dealkylation sites (tertiary alicyclic amines) is 1. The SMILES string of the molecule is c1cc2c(c(SOCCCCN3CCCCC34CCCCC4)c1)OCCC2. The summed E-state index contributed by atoms with van der Waals surface area (Å²) in [5, 5.41) is 0. The zero-order chi connectivity index (χ0) is 18.4. The molecule has 1 aromatic rings. The van der Waals surface area contributed by atoms with E-state index in [1.807, 2.05) is 0 Å². The van der Waals surface area contributed by atoms with Gasteiger partial charge in [0, 0.05) is 17.6 Å². The minimum atomic E-state index is 0.562. The molecule has 1 aromatic carbocycles. The second kappa shape index (κ2) is 9.67. The van der Waals surface area contributed by atoms with Crippen molar-refractivity contribution in [3.05, 3.63) is 23.8 Å². The molecule has 0 radical (unpaired) electrons. The summed E-state index contributed by atoms with van der Waals surface area (Å²) in [5.41, 5.74) is 1.89. The van der Waals surface area contributed by atoms with Crippen molar-refractivity contribution in [2.24, 2.45) is 0 Å². The van der Waals surface area contributed by atoms with Gasteiger partial charge in [0.1, 0.15) is 5.75 Å². The highest BCUT2D eigenvalue weighted by Crippen LogP contribution is 2.40. The number of rotatable bonds is 7. The predicted octanol–water partition coefficient (Wildman–Crippen LogP) is 6.00. The van der Waals surface area contributed by atoms with Crippen LogP contribution in [0.15, 0.2) is 23.1 Å². The monoisotopic (exact) mass is 389 g/mol. The lowest BCUT2D eigenvalue weighted by Crippen LogP contribution is -2.53. The Labute approximate surface area is 169 Å². The van der Waals surface area contributed by atoms with Crippen molar-refractivity contribution in [3.63, 3.8) is 0 Å². The number of benzene rings is 1. The van der Waals surface area contributed by atoms with E-state index in [1.54, 1.807) is 0 Å². The summed E-state index contributed by atoms with van der Waals surface area (Å²) in [7, 11) is 0. The van der Waals surface area contributed by atoms with Crippen LogP contribution in [0.4, 0.5) is 0 Å². The molecule has 4 heteroatoms. The van der Waals surface area contributed by atoms with Crippen molar-refractivity contribution < 1.29 is 8.92 Å². The number of hydrogen-bond donors (Lipinski definition) is 0. The van der Waals surface area contributed by atoms with Crippen molar-refractivity contribution in [1.82, 2.24) is 4.90 Å². The van der Waals surface area contributed by atoms with Gasteiger partial charge >= 0.3 is 0 Å². The lowest BCUT2D eigenvalue weighted by Gasteiger charge is -2.50. The first-order valence-electron chi connectivity index (χ1n) is 11.2. The van der Waals surface area contributed by atoms with Gasteiger partial charge < -0.3 is 8.92 Å². The summed E-state index contributed by atoms with van der Waals surface area (Å²) in [6.45, 7) is 4.25. The quantitative estimate of drug-likeness (QED) is 0.421. The van der Waals surface area contributed by atoms with Crippen LogP contribution in [0.5, 0.6) is 5.75 Å². The van der Waals surface area contributed by atoms with Crippen molar-refractivity contribution >= 4 is 12.0 Å². The van der Waals surface area contributed by atoms with Crippen LogP contribution in [-0.4, -0.2) is 36.7 Å². The van der Waals surface area contributed by atoms with Gasteiger partial charge in [0.2, 0.25) is 0 Å². The Morgan fingerprint density at radius 2 is 1.85 bits per heavy atom. The minimum Gasteiger partial charge on any atom is -0.492 e. The average Bonchev–Trinajstić information content (AvgIpc) is 2.72. The highest BCUT2D eigenvalue weighted by atomic mass is 32.2. The second-order valence-electron chi connectivity index (χ2n) is 8.54. The number of para-hydroxylation sites is 1. The van der Waals surface area contributed by atoms with Crippen LogP contribution in [0.2, 0.25) is 0 Å². The van der Waals surface area contributed by atoms with E-state index < -0.39 is 0 Å². The molecule has 2 heterocycles. The number of piperidine rings is 1. The fourth-order valence-electron chi connectivity index (χ4n) is 5.27. The summed E-state index contributed by atoms with van der Waals surface area (Å²) < 4.78 is 11.8. The van der Waals surface area contributed by atoms with Crippen LogP contribution < -0.4 is 4.74 Å². The van der Waals surface area contributed by atoms with E-state index in [-0.39, 0.29) is 0 Å². The first kappa shape index (κ1) is 19.6. The van der Waals surface area contributed by atoms with E-state index in [0.29, 0.717) is 5.54 Å². The van der Waals surface area contributed by atoms with Crippen LogP contribution in [0.25, 0.3) is 0 Å². The number of ether oxygens (including phenoxy) is 1. The molecule has 150 valence electrons. The van der Waals surface area contributed by atoms with Gasteiger partial charge in [-0.1, -0.05) is 37.8 Å². The maximum absolute atomic E-state index is 5.93. The van der Waals surface area contributed by atoms with Crippen LogP contribution in [0.3, 0.4) is 0 Å². The maximum atomic E-state index is 5.93. The zero-order valence-electron chi connectivity index (χ0n) is 16.7. The number of aryl methyl sites for hydroxylation is 1. The Morgan fingerprint density at radius 1 is 1.00 bits per heavy atom. The lowest BCUT2D eigenvalue weighted by atomic mass is 9.74. The molecular weight excluding hydrogens is 354 g/mol. The summed E-state index contributed by atoms with van der Waals surface area (Å²) >= 11 is 1.50. The van der Waals surface area contributed by atoms with E-state index >= 15 is 0 Å². The van der Waals surface area contributed by atoms with Crippen LogP contribution in [-0.2, 0) is 10.6 Å². The summed E-state index contributed by atoms with van der Waals surface area (Å²) in [6.07, 6.45) is 16.2. The largest absolute Gasteiger partial charge is 0.492 e. The molecule has 0 aromatic heterocycles. The van der Waals surface area contributed by atoms with Crippen LogP contribution in [0.1, 0.15) is 76.2 Å². The smallest absolute Gasteiger partial charge is 0.138 e. The molecule has 2 aliphatic heterocycles. The van der Waals surface area contributed by atoms with Crippen molar-refractivity contribution in [2.45, 2.75) is 87.5 Å². The van der Waals surface area contributed by atoms with Crippen LogP contribution in [0, 0.1) is 0 Å². The van der Waals surface area contributed by atoms with Crippen molar-refractivity contribution in [3.8, 4) is 5.75 Å². The van der Waals surface area contributed by atoms with E-state index in [1.165, 1.54) is 88.5 Å². The number of nitrogens with zero attached hydrogens (tertiary/aromatic N) is 1. The van der Waals surface area contributed by atoms with E-state index in [9.17, 15) is 0 Å². The van der Waals surface area contributed by atoms with E-state index in [4.69, 9.17) is 8.92 Å². The zero-order valence-corrected chi connectivity index (χ0v) is 17.5. The highest BCUT2D eigenvalue weighted by Gasteiger charge is 2.38. The Bertz CT molecular complexity index is 592. The molecule has 1 saturated heterocycles. The Morgan fingerprint density at radius 3 is 2.74 bits per heavy atom. The van der Waals surface area contributed by atoms with Crippen molar-refractivity contribution in [1.29, 1.82) is 0 Å². The molecule has 0 amide bonds. The van der Waals surface area contributed by atoms with Crippen LogP contribution >= 0.6 is 12.0 Å². The summed E-state index contributed by atoms with van der Waals surface area (Å²) in [5.74, 6) is 1.06. The Hall–Kier alpha value is -0.710. The number of unbranched alkanes of at least 4 members (excludes halogenated alkanes) is 1. The lowest BCUT2D eigenvalue weighted by molar-refractivity contribution is 0.0134. The van der Waals surface area contributed by atoms with Gasteiger partial charge in [0.05, 0.1) is 18.1 Å². The third-order valence-corrected chi connectivity index (χ3v) is 7.51. The molecule has 1 saturated carbocycles. The molecule has 1 spiro atoms. The molecule has 0 N–H and O–H groups in total. The van der Waals surface area contributed by atoms with E-state index in [0.717, 1.165) is 43.1 Å². The molecule has 3 aliphatic rings. The minimum absolute atomic E-state index is 0.562. The topological polar surface area (TPSA) is 21.7 Å². The molecule has 0 atom stereocenters. The fraction of sp³-hybridized carbons (Fsp3) is 0.739. The summed E-state index contributed by atoms with van der Waals surface area (Å²) in [6, 6.07) is 6.42. The third kappa shape index (κ3) is 4.83. The third-order valence-electron chi connectivity index (χ3n) is 6.73. The maximum Gasteiger partial charge on any atom is 0.138 e. The van der Waals surface area contributed by atoms with E-state index in [2.05, 4.69) is 23.1 Å². The molecule has 27 heavy (non-hydrogen) atoms. The Kier molecular flexibility index (Phi) is 7.02. The highest BCUT2D eigenvalue weighted by molar-refractivity contribution is 7.94. The van der Waals surface area contributed by atoms with Gasteiger partial charge in [-0.15, -0.1) is 0 Å². The van der Waals surface area contributed by atoms with Gasteiger partial charge in [-0.2, -0.15) is 0 Å². The van der Waals surface area contributed by atoms with Gasteiger partial charge in [-0.05, 0) is 76.1 Å². The molecular formula is C23H35NO2S. The van der Waals surface area contributed by atoms with Crippen molar-refractivity contribution in [2.75, 3.05) is 26.3 Å². The summed E-state index contributed by atoms with van der Waals surface area (Å²) in [4.78, 5) is 3.99. The molecule has 0 unspecified atom stereocenters. The molecule has 1 aliphatic carbocycles. The molecule has 0 bridgehead atoms. The first-order valence-corrected chi connectivity index (χ1v) is 11.9. The number of fused-ring (bicyclic) bond motifs is 1. The van der Waals surface area contributed by atoms with Gasteiger partial charge in [-0.25, -0.2) is 0 Å². The standard InChI is InChI=1S/C23H35NO2S/c1-2-13-23(14-3-1)15-4-5-16-24(23)17-6-7-19-26-27-21-12-8-10-20-11-9-18-25-22(20)21/h8,10,12H,1-7,9,11,13-19H2. The van der Waals surface area contributed by atoms with Gasteiger partial charge in [-0.3, -0.25) is 4.90 Å². The molecule has 3 nitrogen and oxygen atoms in total. The molecule has 2 fully saturated rings. The Balaban J connectivity index is 1.18. The second-order valence-corrected chi connectivity index (χ2v) is 9.38. The van der Waals surface area contributed by atoms with Gasteiger partial charge in [0.15, 0.2) is 0 Å². The fourth-order valence-corrected chi connectivity index (χ4v) is 6.00. The predicted molar refractivity (Wildman–Crippen MR) is 113 cm³/mol. The first-order chi connectivity index (χ1) is 13.4. The average molecular weight is 390 g/mol. The molecule has 4 rings (SSSR count).